The van der Waals surface area contributed by atoms with Crippen LogP contribution in [-0.2, 0) is 24.2 Å². The topological polar surface area (TPSA) is 119 Å². The van der Waals surface area contributed by atoms with E-state index in [2.05, 4.69) is 5.32 Å². The van der Waals surface area contributed by atoms with Crippen molar-refractivity contribution in [3.05, 3.63) is 29.8 Å². The zero-order valence-corrected chi connectivity index (χ0v) is 21.4. The van der Waals surface area contributed by atoms with E-state index in [0.29, 0.717) is 30.9 Å². The zero-order chi connectivity index (χ0) is 25.5. The van der Waals surface area contributed by atoms with Crippen LogP contribution >= 0.6 is 0 Å². The maximum atomic E-state index is 12.9. The van der Waals surface area contributed by atoms with Gasteiger partial charge in [-0.3, -0.25) is 9.59 Å². The van der Waals surface area contributed by atoms with Crippen LogP contribution in [0.2, 0.25) is 0 Å². The highest BCUT2D eigenvalue weighted by molar-refractivity contribution is 7.91. The average Bonchev–Trinajstić information content (AvgIpc) is 3.13. The Kier molecular flexibility index (Phi) is 9.90. The van der Waals surface area contributed by atoms with Crippen LogP contribution in [0.4, 0.5) is 0 Å². The Bertz CT molecular complexity index is 958. The van der Waals surface area contributed by atoms with Crippen molar-refractivity contribution >= 4 is 27.6 Å². The Morgan fingerprint density at radius 1 is 1.12 bits per heavy atom. The first-order valence-electron chi connectivity index (χ1n) is 11.6. The lowest BCUT2D eigenvalue weighted by molar-refractivity contribution is -0.155. The SMILES string of the molecule is CCOc1ccc(C(=O)NC(C(=O)OCC(=O)N(CC(C)C)C2CCS(=O)(=O)C2)C(C)C)cc1. The van der Waals surface area contributed by atoms with Crippen LogP contribution in [0.5, 0.6) is 5.75 Å². The second-order valence-electron chi connectivity index (χ2n) is 9.26. The van der Waals surface area contributed by atoms with E-state index in [1.54, 1.807) is 38.1 Å². The number of nitrogens with one attached hydrogen (secondary N) is 1. The monoisotopic (exact) mass is 496 g/mol. The molecule has 9 nitrogen and oxygen atoms in total. The number of carbonyl (C=O) groups is 3. The Hall–Kier alpha value is -2.62. The lowest BCUT2D eigenvalue weighted by Gasteiger charge is -2.30. The number of nitrogens with zero attached hydrogens (tertiary/aromatic N) is 1. The molecule has 0 spiro atoms. The number of carbonyl (C=O) groups excluding carboxylic acids is 3. The number of esters is 1. The second kappa shape index (κ2) is 12.2. The first-order chi connectivity index (χ1) is 15.9. The van der Waals surface area contributed by atoms with Crippen LogP contribution in [0.15, 0.2) is 24.3 Å². The third-order valence-electron chi connectivity index (χ3n) is 5.50. The molecule has 0 aromatic heterocycles. The van der Waals surface area contributed by atoms with Crippen molar-refractivity contribution in [2.24, 2.45) is 11.8 Å². The van der Waals surface area contributed by atoms with E-state index in [1.807, 2.05) is 20.8 Å². The van der Waals surface area contributed by atoms with Crippen molar-refractivity contribution < 1.29 is 32.3 Å². The Labute approximate surface area is 202 Å². The molecule has 2 atom stereocenters. The summed E-state index contributed by atoms with van der Waals surface area (Å²) in [5.41, 5.74) is 0.364. The third kappa shape index (κ3) is 8.00. The van der Waals surface area contributed by atoms with Gasteiger partial charge in [0.1, 0.15) is 11.8 Å². The summed E-state index contributed by atoms with van der Waals surface area (Å²) >= 11 is 0. The summed E-state index contributed by atoms with van der Waals surface area (Å²) in [4.78, 5) is 39.7. The highest BCUT2D eigenvalue weighted by Gasteiger charge is 2.35. The van der Waals surface area contributed by atoms with Crippen LogP contribution in [0, 0.1) is 11.8 Å². The number of ether oxygens (including phenoxy) is 2. The molecule has 2 unspecified atom stereocenters. The maximum absolute atomic E-state index is 12.9. The van der Waals surface area contributed by atoms with Crippen LogP contribution in [0.3, 0.4) is 0 Å². The largest absolute Gasteiger partial charge is 0.494 e. The summed E-state index contributed by atoms with van der Waals surface area (Å²) in [5, 5.41) is 2.68. The summed E-state index contributed by atoms with van der Waals surface area (Å²) in [6.07, 6.45) is 0.376. The minimum atomic E-state index is -3.17. The molecule has 10 heteroatoms. The highest BCUT2D eigenvalue weighted by atomic mass is 32.2. The van der Waals surface area contributed by atoms with Crippen molar-refractivity contribution in [3.8, 4) is 5.75 Å². The fraction of sp³-hybridized carbons (Fsp3) is 0.625. The van der Waals surface area contributed by atoms with E-state index in [9.17, 15) is 22.8 Å². The summed E-state index contributed by atoms with van der Waals surface area (Å²) in [6, 6.07) is 5.19. The number of benzene rings is 1. The third-order valence-corrected chi connectivity index (χ3v) is 7.25. The summed E-state index contributed by atoms with van der Waals surface area (Å²) in [6.45, 7) is 9.63. The minimum absolute atomic E-state index is 0.0479. The fourth-order valence-corrected chi connectivity index (χ4v) is 5.50. The molecule has 1 aromatic carbocycles. The van der Waals surface area contributed by atoms with Crippen molar-refractivity contribution in [1.82, 2.24) is 10.2 Å². The van der Waals surface area contributed by atoms with Gasteiger partial charge in [-0.05, 0) is 49.4 Å². The quantitative estimate of drug-likeness (QED) is 0.466. The van der Waals surface area contributed by atoms with Gasteiger partial charge >= 0.3 is 5.97 Å². The van der Waals surface area contributed by atoms with Crippen molar-refractivity contribution in [3.63, 3.8) is 0 Å². The van der Waals surface area contributed by atoms with Gasteiger partial charge in [0.2, 0.25) is 0 Å². The van der Waals surface area contributed by atoms with Crippen LogP contribution in [-0.4, -0.2) is 74.4 Å². The first kappa shape index (κ1) is 27.6. The molecule has 2 amide bonds. The molecule has 190 valence electrons. The van der Waals surface area contributed by atoms with Gasteiger partial charge in [-0.1, -0.05) is 27.7 Å². The van der Waals surface area contributed by atoms with Gasteiger partial charge in [-0.25, -0.2) is 13.2 Å². The molecule has 0 radical (unpaired) electrons. The molecule has 0 saturated carbocycles. The molecular weight excluding hydrogens is 460 g/mol. The predicted octanol–water partition coefficient (Wildman–Crippen LogP) is 2.05. The fourth-order valence-electron chi connectivity index (χ4n) is 3.77. The Morgan fingerprint density at radius 2 is 1.76 bits per heavy atom. The van der Waals surface area contributed by atoms with Crippen LogP contribution < -0.4 is 10.1 Å². The van der Waals surface area contributed by atoms with Crippen molar-refractivity contribution in [2.45, 2.75) is 53.1 Å². The molecular formula is C24H36N2O7S. The van der Waals surface area contributed by atoms with Gasteiger partial charge in [0.15, 0.2) is 16.4 Å². The van der Waals surface area contributed by atoms with E-state index >= 15 is 0 Å². The summed E-state index contributed by atoms with van der Waals surface area (Å²) in [7, 11) is -3.17. The molecule has 1 saturated heterocycles. The number of amides is 2. The predicted molar refractivity (Wildman–Crippen MR) is 128 cm³/mol. The summed E-state index contributed by atoms with van der Waals surface area (Å²) < 4.78 is 34.4. The molecule has 1 fully saturated rings. The molecule has 1 aliphatic heterocycles. The zero-order valence-electron chi connectivity index (χ0n) is 20.6. The number of sulfone groups is 1. The van der Waals surface area contributed by atoms with E-state index in [4.69, 9.17) is 9.47 Å². The van der Waals surface area contributed by atoms with Crippen molar-refractivity contribution in [1.29, 1.82) is 0 Å². The minimum Gasteiger partial charge on any atom is -0.494 e. The smallest absolute Gasteiger partial charge is 0.329 e. The normalized spacial score (nSPS) is 17.9. The lowest BCUT2D eigenvalue weighted by atomic mass is 10.0. The molecule has 34 heavy (non-hydrogen) atoms. The van der Waals surface area contributed by atoms with Gasteiger partial charge in [0.05, 0.1) is 18.1 Å². The van der Waals surface area contributed by atoms with E-state index < -0.39 is 46.3 Å². The van der Waals surface area contributed by atoms with Crippen molar-refractivity contribution in [2.75, 3.05) is 31.3 Å². The number of rotatable bonds is 11. The number of hydrogen-bond acceptors (Lipinski definition) is 7. The highest BCUT2D eigenvalue weighted by Crippen LogP contribution is 2.20. The lowest BCUT2D eigenvalue weighted by Crippen LogP contribution is -2.48. The molecule has 2 rings (SSSR count). The average molecular weight is 497 g/mol. The molecule has 1 aliphatic rings. The first-order valence-corrected chi connectivity index (χ1v) is 13.5. The van der Waals surface area contributed by atoms with Gasteiger partial charge in [-0.2, -0.15) is 0 Å². The number of hydrogen-bond donors (Lipinski definition) is 1. The van der Waals surface area contributed by atoms with E-state index in [0.717, 1.165) is 0 Å². The van der Waals surface area contributed by atoms with E-state index in [1.165, 1.54) is 4.90 Å². The standard InChI is InChI=1S/C24H36N2O7S/c1-6-32-20-9-7-18(8-10-20)23(28)25-22(17(4)5)24(29)33-14-21(27)26(13-16(2)3)19-11-12-34(30,31)15-19/h7-10,16-17,19,22H,6,11-15H2,1-5H3,(H,25,28). The molecule has 1 aromatic rings. The molecule has 1 N–H and O–H groups in total. The van der Waals surface area contributed by atoms with Crippen LogP contribution in [0.1, 0.15) is 51.4 Å². The van der Waals surface area contributed by atoms with E-state index in [-0.39, 0.29) is 23.3 Å². The molecule has 0 aliphatic carbocycles. The van der Waals surface area contributed by atoms with Gasteiger partial charge in [0.25, 0.3) is 11.8 Å². The molecule has 0 bridgehead atoms. The van der Waals surface area contributed by atoms with Gasteiger partial charge in [-0.15, -0.1) is 0 Å². The maximum Gasteiger partial charge on any atom is 0.329 e. The van der Waals surface area contributed by atoms with Crippen LogP contribution in [0.25, 0.3) is 0 Å². The summed E-state index contributed by atoms with van der Waals surface area (Å²) in [5.74, 6) is -1.14. The Morgan fingerprint density at radius 3 is 2.26 bits per heavy atom. The molecule has 1 heterocycles. The Balaban J connectivity index is 2.00. The second-order valence-corrected chi connectivity index (χ2v) is 11.5. The van der Waals surface area contributed by atoms with Gasteiger partial charge < -0.3 is 19.7 Å². The van der Waals surface area contributed by atoms with Gasteiger partial charge in [0, 0.05) is 18.2 Å².